The van der Waals surface area contributed by atoms with Crippen LogP contribution in [-0.2, 0) is 5.54 Å². The van der Waals surface area contributed by atoms with Gasteiger partial charge < -0.3 is 10.6 Å². The maximum Gasteiger partial charge on any atom is 0.319 e. The molecule has 2 aromatic carbocycles. The van der Waals surface area contributed by atoms with Crippen LogP contribution in [0.15, 0.2) is 36.4 Å². The van der Waals surface area contributed by atoms with E-state index >= 15 is 0 Å². The lowest BCUT2D eigenvalue weighted by atomic mass is 10.0. The molecule has 0 saturated heterocycles. The maximum atomic E-state index is 12.4. The zero-order valence-electron chi connectivity index (χ0n) is 13.7. The van der Waals surface area contributed by atoms with E-state index in [-0.39, 0.29) is 11.6 Å². The number of amides is 2. The number of aryl methyl sites for hydroxylation is 3. The number of carbonyl (C=O) groups is 1. The Kier molecular flexibility index (Phi) is 4.07. The van der Waals surface area contributed by atoms with Gasteiger partial charge in [-0.3, -0.25) is 0 Å². The first-order valence-electron chi connectivity index (χ1n) is 7.83. The van der Waals surface area contributed by atoms with Crippen molar-refractivity contribution in [2.75, 3.05) is 5.32 Å². The Morgan fingerprint density at radius 3 is 2.13 bits per heavy atom. The van der Waals surface area contributed by atoms with Crippen molar-refractivity contribution in [1.82, 2.24) is 5.32 Å². The monoisotopic (exact) mass is 328 g/mol. The average Bonchev–Trinajstić information content (AvgIpc) is 3.24. The fraction of sp³-hybridized carbons (Fsp3) is 0.316. The number of anilines is 1. The van der Waals surface area contributed by atoms with E-state index in [4.69, 9.17) is 11.6 Å². The molecule has 1 aliphatic rings. The molecule has 2 aromatic rings. The molecule has 1 saturated carbocycles. The summed E-state index contributed by atoms with van der Waals surface area (Å²) < 4.78 is 0. The summed E-state index contributed by atoms with van der Waals surface area (Å²) in [4.78, 5) is 12.4. The van der Waals surface area contributed by atoms with E-state index in [2.05, 4.69) is 29.7 Å². The minimum absolute atomic E-state index is 0.160. The zero-order chi connectivity index (χ0) is 16.6. The molecule has 0 bridgehead atoms. The summed E-state index contributed by atoms with van der Waals surface area (Å²) in [6.45, 7) is 6.09. The number of hydrogen-bond donors (Lipinski definition) is 2. The summed E-state index contributed by atoms with van der Waals surface area (Å²) in [6.07, 6.45) is 1.90. The van der Waals surface area contributed by atoms with Gasteiger partial charge in [-0.25, -0.2) is 4.79 Å². The normalized spacial score (nSPS) is 15.1. The molecule has 2 amide bonds. The van der Waals surface area contributed by atoms with Crippen molar-refractivity contribution >= 4 is 23.3 Å². The van der Waals surface area contributed by atoms with Gasteiger partial charge >= 0.3 is 6.03 Å². The second-order valence-electron chi connectivity index (χ2n) is 6.44. The lowest BCUT2D eigenvalue weighted by molar-refractivity contribution is 0.247. The Bertz CT molecular complexity index is 725. The summed E-state index contributed by atoms with van der Waals surface area (Å²) >= 11 is 5.94. The third kappa shape index (κ3) is 3.35. The Morgan fingerprint density at radius 2 is 1.61 bits per heavy atom. The number of rotatable bonds is 3. The van der Waals surface area contributed by atoms with Gasteiger partial charge in [0.15, 0.2) is 0 Å². The van der Waals surface area contributed by atoms with E-state index in [9.17, 15) is 4.79 Å². The smallest absolute Gasteiger partial charge is 0.319 e. The van der Waals surface area contributed by atoms with Crippen LogP contribution in [0.1, 0.15) is 35.1 Å². The van der Waals surface area contributed by atoms with Crippen molar-refractivity contribution in [1.29, 1.82) is 0 Å². The van der Waals surface area contributed by atoms with Gasteiger partial charge in [0.1, 0.15) is 0 Å². The van der Waals surface area contributed by atoms with Gasteiger partial charge in [0.05, 0.1) is 5.54 Å². The van der Waals surface area contributed by atoms with Crippen LogP contribution in [0.5, 0.6) is 0 Å². The molecule has 0 radical (unpaired) electrons. The molecule has 1 fully saturated rings. The molecule has 0 aliphatic heterocycles. The van der Waals surface area contributed by atoms with Crippen molar-refractivity contribution in [3.05, 3.63) is 63.7 Å². The van der Waals surface area contributed by atoms with Gasteiger partial charge in [-0.05, 0) is 62.4 Å². The molecule has 23 heavy (non-hydrogen) atoms. The van der Waals surface area contributed by atoms with Crippen LogP contribution in [0.4, 0.5) is 10.5 Å². The molecule has 0 unspecified atom stereocenters. The van der Waals surface area contributed by atoms with Crippen LogP contribution in [-0.4, -0.2) is 6.03 Å². The van der Waals surface area contributed by atoms with Crippen molar-refractivity contribution < 1.29 is 4.79 Å². The fourth-order valence-corrected chi connectivity index (χ4v) is 3.25. The minimum atomic E-state index is -0.249. The standard InChI is InChI=1S/C19H21ClN2O/c1-12-10-13(2)17(14(3)11-12)21-18(23)22-19(8-9-19)15-4-6-16(20)7-5-15/h4-7,10-11H,8-9H2,1-3H3,(H2,21,22,23). The largest absolute Gasteiger partial charge is 0.328 e. The lowest BCUT2D eigenvalue weighted by Gasteiger charge is -2.20. The van der Waals surface area contributed by atoms with E-state index in [1.165, 1.54) is 5.56 Å². The van der Waals surface area contributed by atoms with Gasteiger partial charge in [-0.1, -0.05) is 41.4 Å². The molecule has 3 nitrogen and oxygen atoms in total. The predicted molar refractivity (Wildman–Crippen MR) is 95.2 cm³/mol. The second-order valence-corrected chi connectivity index (χ2v) is 6.88. The van der Waals surface area contributed by atoms with Crippen molar-refractivity contribution in [2.45, 2.75) is 39.2 Å². The molecular formula is C19H21ClN2O. The molecule has 3 rings (SSSR count). The second kappa shape index (κ2) is 5.89. The number of benzene rings is 2. The van der Waals surface area contributed by atoms with Crippen LogP contribution in [0.3, 0.4) is 0 Å². The highest BCUT2D eigenvalue weighted by Gasteiger charge is 2.45. The van der Waals surface area contributed by atoms with E-state index in [0.29, 0.717) is 5.02 Å². The molecule has 1 aliphatic carbocycles. The topological polar surface area (TPSA) is 41.1 Å². The van der Waals surface area contributed by atoms with Crippen LogP contribution < -0.4 is 10.6 Å². The number of urea groups is 1. The lowest BCUT2D eigenvalue weighted by Crippen LogP contribution is -2.38. The molecule has 0 heterocycles. The predicted octanol–water partition coefficient (Wildman–Crippen LogP) is 5.08. The Balaban J connectivity index is 1.74. The maximum absolute atomic E-state index is 12.4. The Labute approximate surface area is 142 Å². The first kappa shape index (κ1) is 15.9. The molecule has 120 valence electrons. The quantitative estimate of drug-likeness (QED) is 0.810. The summed E-state index contributed by atoms with van der Waals surface area (Å²) in [5.41, 5.74) is 5.10. The van der Waals surface area contributed by atoms with E-state index in [1.54, 1.807) is 0 Å². The van der Waals surface area contributed by atoms with Crippen molar-refractivity contribution in [2.24, 2.45) is 0 Å². The number of carbonyl (C=O) groups excluding carboxylic acids is 1. The molecule has 2 N–H and O–H groups in total. The van der Waals surface area contributed by atoms with Crippen LogP contribution in [0.2, 0.25) is 5.02 Å². The van der Waals surface area contributed by atoms with Gasteiger partial charge in [0, 0.05) is 10.7 Å². The SMILES string of the molecule is Cc1cc(C)c(NC(=O)NC2(c3ccc(Cl)cc3)CC2)c(C)c1. The summed E-state index contributed by atoms with van der Waals surface area (Å²) in [6, 6.07) is 11.7. The summed E-state index contributed by atoms with van der Waals surface area (Å²) in [7, 11) is 0. The number of nitrogens with one attached hydrogen (secondary N) is 2. The third-order valence-electron chi connectivity index (χ3n) is 4.42. The van der Waals surface area contributed by atoms with E-state index in [1.807, 2.05) is 38.1 Å². The van der Waals surface area contributed by atoms with Crippen molar-refractivity contribution in [3.8, 4) is 0 Å². The van der Waals surface area contributed by atoms with Gasteiger partial charge in [-0.15, -0.1) is 0 Å². The van der Waals surface area contributed by atoms with Gasteiger partial charge in [-0.2, -0.15) is 0 Å². The van der Waals surface area contributed by atoms with Gasteiger partial charge in [0.25, 0.3) is 0 Å². The highest BCUT2D eigenvalue weighted by atomic mass is 35.5. The molecule has 0 aromatic heterocycles. The first-order chi connectivity index (χ1) is 10.9. The average molecular weight is 329 g/mol. The van der Waals surface area contributed by atoms with Crippen molar-refractivity contribution in [3.63, 3.8) is 0 Å². The summed E-state index contributed by atoms with van der Waals surface area (Å²) in [5, 5.41) is 6.84. The minimum Gasteiger partial charge on any atom is -0.328 e. The highest BCUT2D eigenvalue weighted by molar-refractivity contribution is 6.30. The van der Waals surface area contributed by atoms with Gasteiger partial charge in [0.2, 0.25) is 0 Å². The molecule has 0 spiro atoms. The Morgan fingerprint density at radius 1 is 1.04 bits per heavy atom. The zero-order valence-corrected chi connectivity index (χ0v) is 14.4. The Hall–Kier alpha value is -2.00. The molecule has 4 heteroatoms. The fourth-order valence-electron chi connectivity index (χ4n) is 3.12. The van der Waals surface area contributed by atoms with E-state index in [0.717, 1.165) is 35.2 Å². The van der Waals surface area contributed by atoms with Crippen LogP contribution >= 0.6 is 11.6 Å². The third-order valence-corrected chi connectivity index (χ3v) is 4.67. The van der Waals surface area contributed by atoms with E-state index < -0.39 is 0 Å². The van der Waals surface area contributed by atoms with Crippen LogP contribution in [0, 0.1) is 20.8 Å². The number of halogens is 1. The molecule has 0 atom stereocenters. The summed E-state index contributed by atoms with van der Waals surface area (Å²) in [5.74, 6) is 0. The van der Waals surface area contributed by atoms with Crippen LogP contribution in [0.25, 0.3) is 0 Å². The first-order valence-corrected chi connectivity index (χ1v) is 8.20. The molecular weight excluding hydrogens is 308 g/mol. The highest BCUT2D eigenvalue weighted by Crippen LogP contribution is 2.45. The number of hydrogen-bond acceptors (Lipinski definition) is 1.